The molecule has 2 aromatic rings. The van der Waals surface area contributed by atoms with E-state index >= 15 is 0 Å². The molecule has 0 unspecified atom stereocenters. The Kier molecular flexibility index (Phi) is 4.82. The van der Waals surface area contributed by atoms with Crippen molar-refractivity contribution in [2.75, 3.05) is 0 Å². The molecule has 0 amide bonds. The maximum atomic E-state index is 12.0. The molecule has 0 aliphatic carbocycles. The highest BCUT2D eigenvalue weighted by Crippen LogP contribution is 2.15. The molecular formula is C13H11Cl2N3O2S. The van der Waals surface area contributed by atoms with Crippen LogP contribution in [0.5, 0.6) is 0 Å². The average Bonchev–Trinajstić information content (AvgIpc) is 2.41. The van der Waals surface area contributed by atoms with Crippen molar-refractivity contribution in [3.8, 4) is 0 Å². The molecule has 0 aliphatic rings. The molecular weight excluding hydrogens is 333 g/mol. The van der Waals surface area contributed by atoms with Gasteiger partial charge in [-0.05, 0) is 31.2 Å². The van der Waals surface area contributed by atoms with Gasteiger partial charge in [0.1, 0.15) is 10.3 Å². The van der Waals surface area contributed by atoms with Gasteiger partial charge in [-0.1, -0.05) is 40.9 Å². The van der Waals surface area contributed by atoms with Crippen LogP contribution >= 0.6 is 23.2 Å². The summed E-state index contributed by atoms with van der Waals surface area (Å²) in [5, 5.41) is 4.06. The van der Waals surface area contributed by atoms with E-state index in [1.807, 2.05) is 6.92 Å². The number of hydrogen-bond donors (Lipinski definition) is 1. The summed E-state index contributed by atoms with van der Waals surface area (Å²) in [5.41, 5.74) is 1.42. The Morgan fingerprint density at radius 3 is 2.43 bits per heavy atom. The lowest BCUT2D eigenvalue weighted by atomic mass is 10.2. The molecule has 110 valence electrons. The largest absolute Gasteiger partial charge is 0.276 e. The Bertz CT molecular complexity index is 775. The zero-order valence-corrected chi connectivity index (χ0v) is 13.2. The Labute approximate surface area is 132 Å². The van der Waals surface area contributed by atoms with Crippen molar-refractivity contribution in [3.05, 3.63) is 57.8 Å². The van der Waals surface area contributed by atoms with E-state index in [4.69, 9.17) is 23.2 Å². The molecule has 2 rings (SSSR count). The monoisotopic (exact) mass is 343 g/mol. The van der Waals surface area contributed by atoms with E-state index in [-0.39, 0.29) is 15.2 Å². The molecule has 0 bridgehead atoms. The second kappa shape index (κ2) is 6.43. The standard InChI is InChI=1S/C13H11Cl2N3O2S/c1-9-2-5-11(6-3-9)21(19,20)18-16-8-10-4-7-12(14)17-13(10)15/h2-8,18H,1H3. The molecule has 0 saturated heterocycles. The molecule has 0 atom stereocenters. The zero-order chi connectivity index (χ0) is 15.5. The van der Waals surface area contributed by atoms with E-state index in [9.17, 15) is 8.42 Å². The first-order valence-corrected chi connectivity index (χ1v) is 8.06. The summed E-state index contributed by atoms with van der Waals surface area (Å²) in [7, 11) is -3.71. The van der Waals surface area contributed by atoms with Gasteiger partial charge in [-0.3, -0.25) is 0 Å². The van der Waals surface area contributed by atoms with Crippen molar-refractivity contribution in [1.29, 1.82) is 0 Å². The number of halogens is 2. The van der Waals surface area contributed by atoms with E-state index in [2.05, 4.69) is 14.9 Å². The number of aromatic nitrogens is 1. The van der Waals surface area contributed by atoms with E-state index in [1.165, 1.54) is 24.4 Å². The van der Waals surface area contributed by atoms with Crippen LogP contribution in [0.25, 0.3) is 0 Å². The van der Waals surface area contributed by atoms with Gasteiger partial charge in [-0.15, -0.1) is 0 Å². The SMILES string of the molecule is Cc1ccc(S(=O)(=O)NN=Cc2ccc(Cl)nc2Cl)cc1. The van der Waals surface area contributed by atoms with Crippen molar-refractivity contribution >= 4 is 39.4 Å². The van der Waals surface area contributed by atoms with Gasteiger partial charge in [-0.2, -0.15) is 13.5 Å². The number of nitrogens with one attached hydrogen (secondary N) is 1. The number of aryl methyl sites for hydroxylation is 1. The Balaban J connectivity index is 2.14. The van der Waals surface area contributed by atoms with Crippen LogP contribution < -0.4 is 4.83 Å². The summed E-state index contributed by atoms with van der Waals surface area (Å²) in [4.78, 5) is 6.06. The summed E-state index contributed by atoms with van der Waals surface area (Å²) in [6.07, 6.45) is 1.26. The van der Waals surface area contributed by atoms with E-state index < -0.39 is 10.0 Å². The fourth-order valence-corrected chi connectivity index (χ4v) is 2.64. The minimum absolute atomic E-state index is 0.130. The topological polar surface area (TPSA) is 71.4 Å². The van der Waals surface area contributed by atoms with Crippen LogP contribution in [-0.2, 0) is 10.0 Å². The number of nitrogens with zero attached hydrogens (tertiary/aromatic N) is 2. The van der Waals surface area contributed by atoms with E-state index in [0.717, 1.165) is 5.56 Å². The molecule has 5 nitrogen and oxygen atoms in total. The van der Waals surface area contributed by atoms with Gasteiger partial charge in [0.15, 0.2) is 0 Å². The van der Waals surface area contributed by atoms with Crippen LogP contribution in [0, 0.1) is 6.92 Å². The van der Waals surface area contributed by atoms with Gasteiger partial charge in [0.25, 0.3) is 10.0 Å². The fraction of sp³-hybridized carbons (Fsp3) is 0.0769. The van der Waals surface area contributed by atoms with Crippen molar-refractivity contribution in [1.82, 2.24) is 9.82 Å². The number of hydrazone groups is 1. The van der Waals surface area contributed by atoms with E-state index in [0.29, 0.717) is 5.56 Å². The number of sulfonamides is 1. The van der Waals surface area contributed by atoms with Crippen LogP contribution in [0.15, 0.2) is 46.4 Å². The predicted molar refractivity (Wildman–Crippen MR) is 83.4 cm³/mol. The second-order valence-corrected chi connectivity index (χ2v) is 6.59. The van der Waals surface area contributed by atoms with Crippen molar-refractivity contribution in [2.24, 2.45) is 5.10 Å². The molecule has 0 fully saturated rings. The molecule has 0 aliphatic heterocycles. The minimum atomic E-state index is -3.71. The molecule has 1 aromatic carbocycles. The maximum absolute atomic E-state index is 12.0. The molecule has 1 heterocycles. The molecule has 0 spiro atoms. The molecule has 0 saturated carbocycles. The Morgan fingerprint density at radius 1 is 1.14 bits per heavy atom. The van der Waals surface area contributed by atoms with Crippen LogP contribution in [0.4, 0.5) is 0 Å². The van der Waals surface area contributed by atoms with Crippen LogP contribution in [-0.4, -0.2) is 19.6 Å². The van der Waals surface area contributed by atoms with Crippen LogP contribution in [0.3, 0.4) is 0 Å². The lowest BCUT2D eigenvalue weighted by Crippen LogP contribution is -2.18. The van der Waals surface area contributed by atoms with Crippen molar-refractivity contribution in [2.45, 2.75) is 11.8 Å². The van der Waals surface area contributed by atoms with Gasteiger partial charge in [-0.25, -0.2) is 9.82 Å². The first-order valence-electron chi connectivity index (χ1n) is 5.82. The third-order valence-corrected chi connectivity index (χ3v) is 4.30. The first-order chi connectivity index (χ1) is 9.88. The summed E-state index contributed by atoms with van der Waals surface area (Å²) in [6, 6.07) is 9.54. The van der Waals surface area contributed by atoms with Crippen LogP contribution in [0.1, 0.15) is 11.1 Å². The van der Waals surface area contributed by atoms with Gasteiger partial charge >= 0.3 is 0 Å². The molecule has 8 heteroatoms. The lowest BCUT2D eigenvalue weighted by molar-refractivity contribution is 0.584. The maximum Gasteiger partial charge on any atom is 0.276 e. The predicted octanol–water partition coefficient (Wildman–Crippen LogP) is 3.01. The van der Waals surface area contributed by atoms with Gasteiger partial charge < -0.3 is 0 Å². The number of pyridine rings is 1. The first kappa shape index (κ1) is 15.8. The van der Waals surface area contributed by atoms with Crippen molar-refractivity contribution in [3.63, 3.8) is 0 Å². The highest BCUT2D eigenvalue weighted by molar-refractivity contribution is 7.89. The van der Waals surface area contributed by atoms with Crippen molar-refractivity contribution < 1.29 is 8.42 Å². The van der Waals surface area contributed by atoms with E-state index in [1.54, 1.807) is 18.2 Å². The highest BCUT2D eigenvalue weighted by atomic mass is 35.5. The summed E-state index contributed by atoms with van der Waals surface area (Å²) >= 11 is 11.5. The fourth-order valence-electron chi connectivity index (χ4n) is 1.45. The number of rotatable bonds is 4. The minimum Gasteiger partial charge on any atom is -0.224 e. The highest BCUT2D eigenvalue weighted by Gasteiger charge is 2.11. The van der Waals surface area contributed by atoms with Crippen LogP contribution in [0.2, 0.25) is 10.3 Å². The lowest BCUT2D eigenvalue weighted by Gasteiger charge is -2.03. The summed E-state index contributed by atoms with van der Waals surface area (Å²) in [6.45, 7) is 1.87. The quantitative estimate of drug-likeness (QED) is 0.526. The zero-order valence-electron chi connectivity index (χ0n) is 10.9. The Morgan fingerprint density at radius 2 is 1.81 bits per heavy atom. The van der Waals surface area contributed by atoms with Gasteiger partial charge in [0.05, 0.1) is 11.1 Å². The second-order valence-electron chi connectivity index (χ2n) is 4.18. The molecule has 21 heavy (non-hydrogen) atoms. The van der Waals surface area contributed by atoms with Gasteiger partial charge in [0, 0.05) is 5.56 Å². The number of benzene rings is 1. The molecule has 1 N–H and O–H groups in total. The summed E-state index contributed by atoms with van der Waals surface area (Å²) in [5.74, 6) is 0. The number of hydrogen-bond acceptors (Lipinski definition) is 4. The summed E-state index contributed by atoms with van der Waals surface area (Å²) < 4.78 is 24.0. The third kappa shape index (κ3) is 4.17. The van der Waals surface area contributed by atoms with Gasteiger partial charge in [0.2, 0.25) is 0 Å². The molecule has 1 aromatic heterocycles. The molecule has 0 radical (unpaired) electrons. The Hall–Kier alpha value is -1.63. The smallest absolute Gasteiger partial charge is 0.224 e. The third-order valence-electron chi connectivity index (χ3n) is 2.55. The average molecular weight is 344 g/mol. The normalized spacial score (nSPS) is 11.8.